The quantitative estimate of drug-likeness (QED) is 0.461. The first kappa shape index (κ1) is 25.7. The normalized spacial score (nSPS) is 15.4. The van der Waals surface area contributed by atoms with E-state index in [-0.39, 0.29) is 5.56 Å². The molecule has 0 atom stereocenters. The van der Waals surface area contributed by atoms with Crippen LogP contribution >= 0.6 is 11.6 Å². The summed E-state index contributed by atoms with van der Waals surface area (Å²) in [7, 11) is -3.29. The number of halogens is 1. The minimum absolute atomic E-state index is 0.0880. The number of rotatable bonds is 10. The Morgan fingerprint density at radius 1 is 1.06 bits per heavy atom. The van der Waals surface area contributed by atoms with Crippen molar-refractivity contribution in [3.8, 4) is 5.69 Å². The summed E-state index contributed by atoms with van der Waals surface area (Å²) in [4.78, 5) is 20.3. The van der Waals surface area contributed by atoms with Crippen LogP contribution in [0.3, 0.4) is 0 Å². The summed E-state index contributed by atoms with van der Waals surface area (Å²) in [6.07, 6.45) is 7.71. The lowest BCUT2D eigenvalue weighted by molar-refractivity contribution is 0.379. The molecule has 1 aromatic carbocycles. The van der Waals surface area contributed by atoms with E-state index in [1.54, 1.807) is 41.2 Å². The van der Waals surface area contributed by atoms with Crippen molar-refractivity contribution in [1.29, 1.82) is 0 Å². The maximum absolute atomic E-state index is 13.5. The fourth-order valence-corrected chi connectivity index (χ4v) is 5.60. The first-order chi connectivity index (χ1) is 15.8. The highest BCUT2D eigenvalue weighted by Crippen LogP contribution is 2.22. The summed E-state index contributed by atoms with van der Waals surface area (Å²) < 4.78 is 28.2. The summed E-state index contributed by atoms with van der Waals surface area (Å²) in [5.74, 6) is 0.676. The molecule has 3 rings (SSSR count). The van der Waals surface area contributed by atoms with E-state index in [2.05, 4.69) is 16.8 Å². The van der Waals surface area contributed by atoms with E-state index < -0.39 is 15.3 Å². The van der Waals surface area contributed by atoms with Crippen LogP contribution in [0.15, 0.2) is 35.4 Å². The van der Waals surface area contributed by atoms with Crippen LogP contribution in [0.2, 0.25) is 5.02 Å². The topological polar surface area (TPSA) is 75.5 Å². The number of hydrogen-bond acceptors (Lipinski definition) is 5. The molecule has 7 nitrogen and oxygen atoms in total. The SMILES string of the molecule is CCCCCCCc1c(N2CCN(S(=O)(=O)C(C)C)CC2)ncn(-c2cccc(Cl)c2)c1=O. The summed E-state index contributed by atoms with van der Waals surface area (Å²) in [6, 6.07) is 7.19. The van der Waals surface area contributed by atoms with Gasteiger partial charge in [0.15, 0.2) is 0 Å². The van der Waals surface area contributed by atoms with E-state index in [9.17, 15) is 13.2 Å². The maximum atomic E-state index is 13.5. The molecular weight excluding hydrogens is 460 g/mol. The van der Waals surface area contributed by atoms with Crippen LogP contribution in [-0.2, 0) is 16.4 Å². The molecule has 1 aliphatic rings. The van der Waals surface area contributed by atoms with Crippen molar-refractivity contribution < 1.29 is 8.42 Å². The average Bonchev–Trinajstić information content (AvgIpc) is 2.79. The van der Waals surface area contributed by atoms with E-state index in [0.29, 0.717) is 54.7 Å². The lowest BCUT2D eigenvalue weighted by atomic mass is 10.1. The predicted molar refractivity (Wildman–Crippen MR) is 135 cm³/mol. The third kappa shape index (κ3) is 6.16. The Kier molecular flexibility index (Phi) is 8.95. The van der Waals surface area contributed by atoms with E-state index in [1.807, 2.05) is 12.1 Å². The van der Waals surface area contributed by atoms with Gasteiger partial charge >= 0.3 is 0 Å². The second kappa shape index (κ2) is 11.5. The Hall–Kier alpha value is -1.90. The lowest BCUT2D eigenvalue weighted by Crippen LogP contribution is -2.51. The summed E-state index contributed by atoms with van der Waals surface area (Å²) >= 11 is 6.15. The first-order valence-corrected chi connectivity index (χ1v) is 13.7. The molecule has 1 saturated heterocycles. The van der Waals surface area contributed by atoms with Crippen LogP contribution in [-0.4, -0.2) is 53.7 Å². The van der Waals surface area contributed by atoms with E-state index in [1.165, 1.54) is 12.8 Å². The molecule has 0 spiro atoms. The number of piperazine rings is 1. The molecule has 0 amide bonds. The largest absolute Gasteiger partial charge is 0.354 e. The first-order valence-electron chi connectivity index (χ1n) is 11.9. The van der Waals surface area contributed by atoms with Crippen LogP contribution in [0.25, 0.3) is 5.69 Å². The van der Waals surface area contributed by atoms with Gasteiger partial charge in [-0.1, -0.05) is 50.3 Å². The van der Waals surface area contributed by atoms with Gasteiger partial charge in [0.2, 0.25) is 10.0 Å². The molecule has 1 aliphatic heterocycles. The van der Waals surface area contributed by atoms with Gasteiger partial charge < -0.3 is 4.90 Å². The van der Waals surface area contributed by atoms with Crippen LogP contribution < -0.4 is 10.5 Å². The summed E-state index contributed by atoms with van der Waals surface area (Å²) in [5.41, 5.74) is 1.29. The Balaban J connectivity index is 1.87. The van der Waals surface area contributed by atoms with Gasteiger partial charge in [0.1, 0.15) is 12.1 Å². The lowest BCUT2D eigenvalue weighted by Gasteiger charge is -2.36. The molecule has 2 aromatic rings. The molecule has 33 heavy (non-hydrogen) atoms. The Labute approximate surface area is 202 Å². The highest BCUT2D eigenvalue weighted by atomic mass is 35.5. The van der Waals surface area contributed by atoms with E-state index in [4.69, 9.17) is 11.6 Å². The molecule has 0 unspecified atom stereocenters. The molecule has 2 heterocycles. The number of benzene rings is 1. The zero-order valence-electron chi connectivity index (χ0n) is 19.8. The monoisotopic (exact) mass is 494 g/mol. The highest BCUT2D eigenvalue weighted by molar-refractivity contribution is 7.89. The Bertz CT molecular complexity index is 1090. The predicted octanol–water partition coefficient (Wildman–Crippen LogP) is 4.26. The van der Waals surface area contributed by atoms with Gasteiger partial charge in [-0.3, -0.25) is 9.36 Å². The van der Waals surface area contributed by atoms with E-state index in [0.717, 1.165) is 19.3 Å². The van der Waals surface area contributed by atoms with Crippen molar-refractivity contribution in [2.24, 2.45) is 0 Å². The van der Waals surface area contributed by atoms with Gasteiger partial charge in [0.05, 0.1) is 16.5 Å². The average molecular weight is 495 g/mol. The fraction of sp³-hybridized carbons (Fsp3) is 0.583. The molecule has 0 radical (unpaired) electrons. The van der Waals surface area contributed by atoms with Crippen molar-refractivity contribution >= 4 is 27.4 Å². The van der Waals surface area contributed by atoms with Gasteiger partial charge in [-0.25, -0.2) is 13.4 Å². The molecule has 0 N–H and O–H groups in total. The number of unbranched alkanes of at least 4 members (excludes halogenated alkanes) is 4. The van der Waals surface area contributed by atoms with E-state index >= 15 is 0 Å². The smallest absolute Gasteiger partial charge is 0.263 e. The van der Waals surface area contributed by atoms with Gasteiger partial charge in [0.25, 0.3) is 5.56 Å². The van der Waals surface area contributed by atoms with Crippen molar-refractivity contribution in [2.45, 2.75) is 64.5 Å². The van der Waals surface area contributed by atoms with Gasteiger partial charge in [-0.05, 0) is 44.9 Å². The number of aromatic nitrogens is 2. The second-order valence-electron chi connectivity index (χ2n) is 8.85. The number of hydrogen-bond donors (Lipinski definition) is 0. The van der Waals surface area contributed by atoms with Crippen LogP contribution in [0.5, 0.6) is 0 Å². The van der Waals surface area contributed by atoms with Crippen molar-refractivity contribution in [2.75, 3.05) is 31.1 Å². The minimum atomic E-state index is -3.29. The van der Waals surface area contributed by atoms with Crippen LogP contribution in [0.1, 0.15) is 58.4 Å². The molecular formula is C24H35ClN4O3S. The second-order valence-corrected chi connectivity index (χ2v) is 11.8. The molecule has 1 fully saturated rings. The number of nitrogens with zero attached hydrogens (tertiary/aromatic N) is 4. The standard InChI is InChI=1S/C24H35ClN4O3S/c1-4-5-6-7-8-12-22-23(27-13-15-28(16-14-27)33(31,32)19(2)3)26-18-29(24(22)30)21-11-9-10-20(25)17-21/h9-11,17-19H,4-8,12-16H2,1-3H3. The minimum Gasteiger partial charge on any atom is -0.354 e. The molecule has 182 valence electrons. The third-order valence-corrected chi connectivity index (χ3v) is 8.66. The van der Waals surface area contributed by atoms with Crippen molar-refractivity contribution in [3.05, 3.63) is 51.5 Å². The molecule has 0 saturated carbocycles. The number of sulfonamides is 1. The Morgan fingerprint density at radius 2 is 1.76 bits per heavy atom. The maximum Gasteiger partial charge on any atom is 0.263 e. The van der Waals surface area contributed by atoms with Crippen molar-refractivity contribution in [3.63, 3.8) is 0 Å². The third-order valence-electron chi connectivity index (χ3n) is 6.15. The number of anilines is 1. The fourth-order valence-electron chi connectivity index (χ4n) is 4.14. The van der Waals surface area contributed by atoms with Gasteiger partial charge in [0, 0.05) is 31.2 Å². The summed E-state index contributed by atoms with van der Waals surface area (Å²) in [5, 5.41) is 0.120. The molecule has 1 aromatic heterocycles. The van der Waals surface area contributed by atoms with Gasteiger partial charge in [-0.15, -0.1) is 0 Å². The highest BCUT2D eigenvalue weighted by Gasteiger charge is 2.30. The molecule has 0 aliphatic carbocycles. The van der Waals surface area contributed by atoms with Crippen LogP contribution in [0, 0.1) is 0 Å². The zero-order chi connectivity index (χ0) is 24.0. The summed E-state index contributed by atoms with van der Waals surface area (Å²) in [6.45, 7) is 7.42. The van der Waals surface area contributed by atoms with Crippen LogP contribution in [0.4, 0.5) is 5.82 Å². The Morgan fingerprint density at radius 3 is 2.39 bits per heavy atom. The van der Waals surface area contributed by atoms with Crippen molar-refractivity contribution in [1.82, 2.24) is 13.9 Å². The van der Waals surface area contributed by atoms with Gasteiger partial charge in [-0.2, -0.15) is 4.31 Å². The zero-order valence-corrected chi connectivity index (χ0v) is 21.4. The molecule has 9 heteroatoms. The molecule has 0 bridgehead atoms.